The molecule has 2 aliphatic rings. The Hall–Kier alpha value is -0.770. The van der Waals surface area contributed by atoms with Crippen molar-refractivity contribution in [2.24, 2.45) is 17.8 Å². The van der Waals surface area contributed by atoms with Crippen LogP contribution in [-0.2, 0) is 5.60 Å². The topological polar surface area (TPSA) is 43.7 Å². The first-order valence-corrected chi connectivity index (χ1v) is 8.13. The van der Waals surface area contributed by atoms with Crippen LogP contribution in [0, 0.1) is 17.8 Å². The summed E-state index contributed by atoms with van der Waals surface area (Å²) in [5.74, 6) is 1.49. The molecule has 0 amide bonds. The molecule has 2 N–H and O–H groups in total. The summed E-state index contributed by atoms with van der Waals surface area (Å²) in [5, 5.41) is 21.8. The molecule has 2 saturated carbocycles. The highest BCUT2D eigenvalue weighted by molar-refractivity contribution is 6.30. The average molecular weight is 310 g/mol. The number of phenolic OH excluding ortho intramolecular Hbond substituents is 1. The number of fused-ring (bicyclic) bond motifs is 2. The van der Waals surface area contributed by atoms with Crippen LogP contribution < -0.4 is 0 Å². The van der Waals surface area contributed by atoms with E-state index in [9.17, 15) is 10.2 Å². The van der Waals surface area contributed by atoms with Gasteiger partial charge in [-0.1, -0.05) is 18.0 Å². The van der Waals surface area contributed by atoms with Gasteiger partial charge in [-0.2, -0.15) is 0 Å². The van der Waals surface area contributed by atoms with Gasteiger partial charge in [0.1, 0.15) is 5.75 Å². The van der Waals surface area contributed by atoms with Crippen molar-refractivity contribution >= 4 is 11.6 Å². The second kappa shape index (κ2) is 5.45. The van der Waals surface area contributed by atoms with Crippen LogP contribution in [0.2, 0.25) is 5.02 Å². The van der Waals surface area contributed by atoms with E-state index in [0.29, 0.717) is 16.9 Å². The van der Waals surface area contributed by atoms with Gasteiger partial charge in [0.25, 0.3) is 0 Å². The van der Waals surface area contributed by atoms with Crippen molar-refractivity contribution in [3.8, 4) is 5.75 Å². The van der Waals surface area contributed by atoms with Crippen molar-refractivity contribution in [1.29, 1.82) is 0 Å². The van der Waals surface area contributed by atoms with Gasteiger partial charge in [0.2, 0.25) is 0 Å². The Labute approximate surface area is 131 Å². The molecule has 2 bridgehead atoms. The average Bonchev–Trinajstić information content (AvgIpc) is 2.77. The Kier molecular flexibility index (Phi) is 3.93. The van der Waals surface area contributed by atoms with E-state index in [1.165, 1.54) is 25.3 Å². The van der Waals surface area contributed by atoms with Gasteiger partial charge >= 0.3 is 0 Å². The summed E-state index contributed by atoms with van der Waals surface area (Å²) in [4.78, 5) is 2.15. The molecule has 0 aromatic heterocycles. The molecule has 3 rings (SSSR count). The minimum absolute atomic E-state index is 0.132. The van der Waals surface area contributed by atoms with Crippen LogP contribution in [-0.4, -0.2) is 35.8 Å². The lowest BCUT2D eigenvalue weighted by atomic mass is 9.66. The quantitative estimate of drug-likeness (QED) is 0.901. The van der Waals surface area contributed by atoms with Crippen molar-refractivity contribution < 1.29 is 10.2 Å². The van der Waals surface area contributed by atoms with Crippen molar-refractivity contribution in [2.75, 3.05) is 20.6 Å². The molecule has 3 nitrogen and oxygen atoms in total. The lowest BCUT2D eigenvalue weighted by Gasteiger charge is -2.45. The van der Waals surface area contributed by atoms with Crippen LogP contribution in [0.25, 0.3) is 0 Å². The lowest BCUT2D eigenvalue weighted by molar-refractivity contribution is -0.0892. The first-order chi connectivity index (χ1) is 9.88. The van der Waals surface area contributed by atoms with Gasteiger partial charge in [0.05, 0.1) is 5.60 Å². The normalized spacial score (nSPS) is 35.4. The van der Waals surface area contributed by atoms with Gasteiger partial charge in [-0.15, -0.1) is 0 Å². The number of hydrogen-bond acceptors (Lipinski definition) is 3. The van der Waals surface area contributed by atoms with Gasteiger partial charge in [0.15, 0.2) is 0 Å². The molecule has 1 aromatic carbocycles. The maximum absolute atomic E-state index is 11.5. The molecule has 116 valence electrons. The van der Waals surface area contributed by atoms with Gasteiger partial charge in [-0.25, -0.2) is 0 Å². The number of phenols is 1. The van der Waals surface area contributed by atoms with E-state index < -0.39 is 5.60 Å². The second-order valence-corrected chi connectivity index (χ2v) is 7.57. The fourth-order valence-corrected chi connectivity index (χ4v) is 4.72. The summed E-state index contributed by atoms with van der Waals surface area (Å²) in [6.45, 7) is 0.862. The molecule has 4 atom stereocenters. The Balaban J connectivity index is 2.02. The molecule has 2 fully saturated rings. The highest BCUT2D eigenvalue weighted by Gasteiger charge is 2.51. The zero-order chi connectivity index (χ0) is 15.2. The number of halogens is 1. The van der Waals surface area contributed by atoms with Gasteiger partial charge < -0.3 is 15.1 Å². The monoisotopic (exact) mass is 309 g/mol. The number of aliphatic hydroxyl groups is 1. The van der Waals surface area contributed by atoms with Gasteiger partial charge in [-0.3, -0.25) is 0 Å². The van der Waals surface area contributed by atoms with E-state index in [0.717, 1.165) is 18.5 Å². The molecule has 21 heavy (non-hydrogen) atoms. The molecule has 0 spiro atoms. The van der Waals surface area contributed by atoms with Crippen LogP contribution >= 0.6 is 11.6 Å². The Bertz CT molecular complexity index is 513. The number of rotatable bonds is 3. The smallest absolute Gasteiger partial charge is 0.117 e. The minimum Gasteiger partial charge on any atom is -0.508 e. The second-order valence-electron chi connectivity index (χ2n) is 7.13. The third kappa shape index (κ3) is 2.79. The van der Waals surface area contributed by atoms with Crippen LogP contribution in [0.5, 0.6) is 5.75 Å². The van der Waals surface area contributed by atoms with E-state index in [1.54, 1.807) is 6.07 Å². The molecule has 2 aliphatic carbocycles. The first kappa shape index (κ1) is 15.1. The lowest BCUT2D eigenvalue weighted by Crippen LogP contribution is -2.47. The molecule has 1 aromatic rings. The minimum atomic E-state index is -0.878. The molecular weight excluding hydrogens is 286 g/mol. The van der Waals surface area contributed by atoms with Crippen LogP contribution in [0.1, 0.15) is 31.2 Å². The van der Waals surface area contributed by atoms with E-state index >= 15 is 0 Å². The van der Waals surface area contributed by atoms with E-state index in [-0.39, 0.29) is 11.7 Å². The summed E-state index contributed by atoms with van der Waals surface area (Å²) in [7, 11) is 4.10. The van der Waals surface area contributed by atoms with Crippen LogP contribution in [0.3, 0.4) is 0 Å². The fraction of sp³-hybridized carbons (Fsp3) is 0.647. The Morgan fingerprint density at radius 3 is 2.71 bits per heavy atom. The molecule has 0 aliphatic heterocycles. The summed E-state index contributed by atoms with van der Waals surface area (Å²) in [6, 6.07) is 5.01. The predicted molar refractivity (Wildman–Crippen MR) is 84.5 cm³/mol. The number of benzene rings is 1. The summed E-state index contributed by atoms with van der Waals surface area (Å²) < 4.78 is 0. The van der Waals surface area contributed by atoms with Crippen molar-refractivity contribution in [3.05, 3.63) is 28.8 Å². The zero-order valence-corrected chi connectivity index (χ0v) is 13.5. The third-order valence-corrected chi connectivity index (χ3v) is 5.53. The molecule has 0 saturated heterocycles. The molecule has 0 radical (unpaired) electrons. The maximum atomic E-state index is 11.5. The number of nitrogens with zero attached hydrogens (tertiary/aromatic N) is 1. The van der Waals surface area contributed by atoms with Gasteiger partial charge in [0, 0.05) is 17.5 Å². The Morgan fingerprint density at radius 1 is 1.29 bits per heavy atom. The number of aromatic hydroxyl groups is 1. The SMILES string of the molecule is CN(C)C[C@H]1[C@H]2CC[C@H](C2)C[C@]1(O)c1cc(O)cc(Cl)c1. The van der Waals surface area contributed by atoms with Crippen molar-refractivity contribution in [2.45, 2.75) is 31.3 Å². The fourth-order valence-electron chi connectivity index (χ4n) is 4.50. The summed E-state index contributed by atoms with van der Waals surface area (Å²) in [5.41, 5.74) is -0.104. The molecule has 0 unspecified atom stereocenters. The first-order valence-electron chi connectivity index (χ1n) is 7.75. The van der Waals surface area contributed by atoms with Crippen molar-refractivity contribution in [1.82, 2.24) is 4.90 Å². The molecule has 0 heterocycles. The van der Waals surface area contributed by atoms with E-state index in [4.69, 9.17) is 11.6 Å². The number of hydrogen-bond donors (Lipinski definition) is 2. The third-order valence-electron chi connectivity index (χ3n) is 5.31. The van der Waals surface area contributed by atoms with E-state index in [1.807, 2.05) is 6.07 Å². The van der Waals surface area contributed by atoms with Gasteiger partial charge in [-0.05, 0) is 69.0 Å². The standard InChI is InChI=1S/C17H24ClNO2/c1-19(2)10-16-12-4-3-11(5-12)9-17(16,21)13-6-14(18)8-15(20)7-13/h6-8,11-12,16,20-21H,3-5,9-10H2,1-2H3/t11-,12+,16+,17+/m1/s1. The van der Waals surface area contributed by atoms with Crippen LogP contribution in [0.15, 0.2) is 18.2 Å². The predicted octanol–water partition coefficient (Wildman–Crippen LogP) is 3.23. The highest BCUT2D eigenvalue weighted by atomic mass is 35.5. The molecule has 4 heteroatoms. The summed E-state index contributed by atoms with van der Waals surface area (Å²) >= 11 is 6.09. The molecular formula is C17H24ClNO2. The summed E-state index contributed by atoms with van der Waals surface area (Å²) in [6.07, 6.45) is 4.43. The van der Waals surface area contributed by atoms with Crippen molar-refractivity contribution in [3.63, 3.8) is 0 Å². The van der Waals surface area contributed by atoms with E-state index in [2.05, 4.69) is 19.0 Å². The Morgan fingerprint density at radius 2 is 2.05 bits per heavy atom. The largest absolute Gasteiger partial charge is 0.508 e. The zero-order valence-electron chi connectivity index (χ0n) is 12.7. The maximum Gasteiger partial charge on any atom is 0.117 e. The highest BCUT2D eigenvalue weighted by Crippen LogP contribution is 2.54. The van der Waals surface area contributed by atoms with Crippen LogP contribution in [0.4, 0.5) is 0 Å².